The van der Waals surface area contributed by atoms with E-state index in [2.05, 4.69) is 24.9 Å². The molecule has 7 nitrogen and oxygen atoms in total. The lowest BCUT2D eigenvalue weighted by molar-refractivity contribution is 0.0985. The SMILES string of the molecule is Cc1ccc2nc(N(Cc3cccnc3)C(=O)c3ccc(S(=O)(=O)N4CC(C)CC(C)C4)cc3)sc2c1. The Kier molecular flexibility index (Phi) is 7.11. The Morgan fingerprint density at radius 3 is 2.49 bits per heavy atom. The number of amides is 1. The van der Waals surface area contributed by atoms with Crippen LogP contribution in [0.4, 0.5) is 5.13 Å². The van der Waals surface area contributed by atoms with Gasteiger partial charge in [-0.05, 0) is 78.8 Å². The van der Waals surface area contributed by atoms with Crippen molar-refractivity contribution >= 4 is 42.6 Å². The summed E-state index contributed by atoms with van der Waals surface area (Å²) in [6.07, 6.45) is 4.45. The summed E-state index contributed by atoms with van der Waals surface area (Å²) in [5.74, 6) is 0.389. The standard InChI is InChI=1S/C28H30N4O3S2/c1-19-6-11-25-26(14-19)36-28(30-25)32(18-22-5-4-12-29-15-22)27(33)23-7-9-24(10-8-23)37(34,35)31-16-20(2)13-21(3)17-31/h4-12,14-15,20-21H,13,16-18H2,1-3H3. The summed E-state index contributed by atoms with van der Waals surface area (Å²) < 4.78 is 29.2. The van der Waals surface area contributed by atoms with Crippen LogP contribution < -0.4 is 4.90 Å². The molecule has 0 spiro atoms. The van der Waals surface area contributed by atoms with Gasteiger partial charge in [-0.3, -0.25) is 14.7 Å². The first-order valence-electron chi connectivity index (χ1n) is 12.4. The summed E-state index contributed by atoms with van der Waals surface area (Å²) in [5.41, 5.74) is 3.24. The molecular formula is C28H30N4O3S2. The quantitative estimate of drug-likeness (QED) is 0.326. The Morgan fingerprint density at radius 2 is 1.81 bits per heavy atom. The van der Waals surface area contributed by atoms with E-state index in [9.17, 15) is 13.2 Å². The van der Waals surface area contributed by atoms with Gasteiger partial charge in [0.15, 0.2) is 5.13 Å². The van der Waals surface area contributed by atoms with Crippen LogP contribution in [0.5, 0.6) is 0 Å². The van der Waals surface area contributed by atoms with Crippen molar-refractivity contribution in [2.24, 2.45) is 11.8 Å². The van der Waals surface area contributed by atoms with E-state index in [0.717, 1.165) is 27.8 Å². The lowest BCUT2D eigenvalue weighted by Gasteiger charge is -2.34. The topological polar surface area (TPSA) is 83.5 Å². The molecule has 1 aliphatic rings. The fourth-order valence-corrected chi connectivity index (χ4v) is 7.65. The number of hydrogen-bond donors (Lipinski definition) is 0. The van der Waals surface area contributed by atoms with Gasteiger partial charge < -0.3 is 0 Å². The molecule has 9 heteroatoms. The average Bonchev–Trinajstić information content (AvgIpc) is 3.30. The molecule has 0 bridgehead atoms. The summed E-state index contributed by atoms with van der Waals surface area (Å²) in [7, 11) is -3.62. The second kappa shape index (κ2) is 10.3. The van der Waals surface area contributed by atoms with Crippen molar-refractivity contribution in [3.8, 4) is 0 Å². The van der Waals surface area contributed by atoms with Crippen LogP contribution in [0.1, 0.15) is 41.8 Å². The minimum absolute atomic E-state index is 0.208. The Bertz CT molecular complexity index is 1510. The third kappa shape index (κ3) is 5.44. The zero-order valence-corrected chi connectivity index (χ0v) is 22.8. The zero-order chi connectivity index (χ0) is 26.2. The first kappa shape index (κ1) is 25.5. The number of sulfonamides is 1. The molecule has 2 unspecified atom stereocenters. The summed E-state index contributed by atoms with van der Waals surface area (Å²) in [6.45, 7) is 7.53. The summed E-state index contributed by atoms with van der Waals surface area (Å²) in [6, 6.07) is 16.0. The fraction of sp³-hybridized carbons (Fsp3) is 0.321. The molecule has 0 radical (unpaired) electrons. The summed E-state index contributed by atoms with van der Waals surface area (Å²) in [4.78, 5) is 24.5. The molecule has 2 atom stereocenters. The van der Waals surface area contributed by atoms with Crippen LogP contribution in [0.25, 0.3) is 10.2 Å². The van der Waals surface area contributed by atoms with Crippen LogP contribution in [0.15, 0.2) is 71.9 Å². The molecule has 4 aromatic rings. The maximum Gasteiger partial charge on any atom is 0.260 e. The minimum Gasteiger partial charge on any atom is -0.279 e. The number of fused-ring (bicyclic) bond motifs is 1. The predicted octanol–water partition coefficient (Wildman–Crippen LogP) is 5.51. The van der Waals surface area contributed by atoms with Gasteiger partial charge in [-0.25, -0.2) is 13.4 Å². The number of carbonyl (C=O) groups is 1. The van der Waals surface area contributed by atoms with E-state index in [-0.39, 0.29) is 10.8 Å². The van der Waals surface area contributed by atoms with Crippen molar-refractivity contribution in [1.82, 2.24) is 14.3 Å². The summed E-state index contributed by atoms with van der Waals surface area (Å²) in [5, 5.41) is 0.586. The molecular weight excluding hydrogens is 504 g/mol. The van der Waals surface area contributed by atoms with Crippen LogP contribution in [-0.2, 0) is 16.6 Å². The molecule has 1 saturated heterocycles. The molecule has 5 rings (SSSR count). The smallest absolute Gasteiger partial charge is 0.260 e. The molecule has 37 heavy (non-hydrogen) atoms. The molecule has 1 fully saturated rings. The van der Waals surface area contributed by atoms with Crippen LogP contribution >= 0.6 is 11.3 Å². The Morgan fingerprint density at radius 1 is 1.08 bits per heavy atom. The largest absolute Gasteiger partial charge is 0.279 e. The van der Waals surface area contributed by atoms with E-state index < -0.39 is 10.0 Å². The lowest BCUT2D eigenvalue weighted by atomic mass is 9.94. The van der Waals surface area contributed by atoms with Gasteiger partial charge >= 0.3 is 0 Å². The summed E-state index contributed by atoms with van der Waals surface area (Å²) >= 11 is 1.46. The number of rotatable bonds is 6. The third-order valence-corrected chi connectivity index (χ3v) is 9.53. The molecule has 2 aromatic heterocycles. The molecule has 1 amide bonds. The number of thiazole rings is 1. The number of anilines is 1. The maximum absolute atomic E-state index is 13.8. The highest BCUT2D eigenvalue weighted by Crippen LogP contribution is 2.32. The van der Waals surface area contributed by atoms with Gasteiger partial charge in [-0.1, -0.05) is 37.3 Å². The van der Waals surface area contributed by atoms with Gasteiger partial charge in [0.25, 0.3) is 5.91 Å². The van der Waals surface area contributed by atoms with Gasteiger partial charge in [0.2, 0.25) is 10.0 Å². The van der Waals surface area contributed by atoms with Gasteiger partial charge in [0, 0.05) is 31.0 Å². The number of hydrogen-bond acceptors (Lipinski definition) is 6. The van der Waals surface area contributed by atoms with E-state index in [4.69, 9.17) is 4.98 Å². The third-order valence-electron chi connectivity index (χ3n) is 6.65. The van der Waals surface area contributed by atoms with Crippen molar-refractivity contribution in [3.63, 3.8) is 0 Å². The van der Waals surface area contributed by atoms with Crippen LogP contribution in [0.3, 0.4) is 0 Å². The molecule has 192 valence electrons. The Labute approximate surface area is 221 Å². The van der Waals surface area contributed by atoms with E-state index in [0.29, 0.717) is 42.2 Å². The normalized spacial score (nSPS) is 18.7. The van der Waals surface area contributed by atoms with Gasteiger partial charge in [-0.15, -0.1) is 0 Å². The highest BCUT2D eigenvalue weighted by molar-refractivity contribution is 7.89. The Hall–Kier alpha value is -3.14. The molecule has 0 aliphatic carbocycles. The van der Waals surface area contributed by atoms with Crippen LogP contribution in [-0.4, -0.2) is 41.7 Å². The number of benzene rings is 2. The van der Waals surface area contributed by atoms with Crippen LogP contribution in [0, 0.1) is 18.8 Å². The number of piperidine rings is 1. The van der Waals surface area contributed by atoms with Crippen molar-refractivity contribution in [3.05, 3.63) is 83.7 Å². The molecule has 0 saturated carbocycles. The number of pyridine rings is 1. The second-order valence-electron chi connectivity index (χ2n) is 10.0. The van der Waals surface area contributed by atoms with Gasteiger partial charge in [0.1, 0.15) is 0 Å². The van der Waals surface area contributed by atoms with Crippen molar-refractivity contribution in [2.75, 3.05) is 18.0 Å². The maximum atomic E-state index is 13.8. The lowest BCUT2D eigenvalue weighted by Crippen LogP contribution is -2.42. The predicted molar refractivity (Wildman–Crippen MR) is 147 cm³/mol. The van der Waals surface area contributed by atoms with Crippen LogP contribution in [0.2, 0.25) is 0 Å². The number of aromatic nitrogens is 2. The van der Waals surface area contributed by atoms with E-state index in [1.165, 1.54) is 23.5 Å². The second-order valence-corrected chi connectivity index (χ2v) is 13.0. The van der Waals surface area contributed by atoms with Crippen molar-refractivity contribution < 1.29 is 13.2 Å². The molecule has 1 aliphatic heterocycles. The first-order valence-corrected chi connectivity index (χ1v) is 14.6. The monoisotopic (exact) mass is 534 g/mol. The average molecular weight is 535 g/mol. The zero-order valence-electron chi connectivity index (χ0n) is 21.2. The molecule has 3 heterocycles. The number of carbonyl (C=O) groups excluding carboxylic acids is 1. The van der Waals surface area contributed by atoms with Crippen molar-refractivity contribution in [2.45, 2.75) is 38.6 Å². The van der Waals surface area contributed by atoms with E-state index in [1.54, 1.807) is 33.7 Å². The highest BCUT2D eigenvalue weighted by Gasteiger charge is 2.32. The number of aryl methyl sites for hydroxylation is 1. The Balaban J connectivity index is 1.45. The van der Waals surface area contributed by atoms with E-state index in [1.807, 2.05) is 31.2 Å². The minimum atomic E-state index is -3.62. The fourth-order valence-electron chi connectivity index (χ4n) is 4.91. The molecule has 2 aromatic carbocycles. The van der Waals surface area contributed by atoms with Crippen molar-refractivity contribution in [1.29, 1.82) is 0 Å². The number of nitrogens with zero attached hydrogens (tertiary/aromatic N) is 4. The first-order chi connectivity index (χ1) is 17.7. The molecule has 0 N–H and O–H groups in total. The van der Waals surface area contributed by atoms with Gasteiger partial charge in [-0.2, -0.15) is 4.31 Å². The van der Waals surface area contributed by atoms with Gasteiger partial charge in [0.05, 0.1) is 21.7 Å². The highest BCUT2D eigenvalue weighted by atomic mass is 32.2. The van der Waals surface area contributed by atoms with E-state index >= 15 is 0 Å².